The van der Waals surface area contributed by atoms with Crippen molar-refractivity contribution >= 4 is 5.69 Å². The normalized spacial score (nSPS) is 9.00. The summed E-state index contributed by atoms with van der Waals surface area (Å²) in [5, 5.41) is 7.91. The second kappa shape index (κ2) is 3.06. The molecule has 0 unspecified atom stereocenters. The largest absolute Gasteiger partial charge is 0.236 e. The lowest BCUT2D eigenvalue weighted by molar-refractivity contribution is -0.215. The smallest absolute Gasteiger partial charge is 0.0634 e. The molecule has 0 heterocycles. The van der Waals surface area contributed by atoms with Crippen LogP contribution < -0.4 is 5.48 Å². The molecular weight excluding hydrogens is 118 g/mol. The summed E-state index contributed by atoms with van der Waals surface area (Å²) < 4.78 is 0. The van der Waals surface area contributed by atoms with Crippen molar-refractivity contribution in [1.82, 2.24) is 0 Å². The molecule has 3 heteroatoms. The zero-order valence-electron chi connectivity index (χ0n) is 4.74. The first-order valence-electron chi connectivity index (χ1n) is 2.55. The highest BCUT2D eigenvalue weighted by molar-refractivity contribution is 5.39. The minimum absolute atomic E-state index is 0.722. The van der Waals surface area contributed by atoms with Crippen molar-refractivity contribution in [2.75, 3.05) is 5.48 Å². The van der Waals surface area contributed by atoms with Crippen molar-refractivity contribution in [1.29, 1.82) is 0 Å². The number of hydrogen-bond acceptors (Lipinski definition) is 3. The van der Waals surface area contributed by atoms with Gasteiger partial charge in [0.25, 0.3) is 0 Å². The highest BCUT2D eigenvalue weighted by Gasteiger charge is 1.83. The van der Waals surface area contributed by atoms with E-state index in [1.54, 1.807) is 12.1 Å². The summed E-state index contributed by atoms with van der Waals surface area (Å²) in [7, 11) is 0. The van der Waals surface area contributed by atoms with Gasteiger partial charge in [0.2, 0.25) is 0 Å². The fourth-order valence-corrected chi connectivity index (χ4v) is 0.559. The summed E-state index contributed by atoms with van der Waals surface area (Å²) in [4.78, 5) is 3.68. The zero-order chi connectivity index (χ0) is 6.53. The maximum Gasteiger partial charge on any atom is 0.0634 e. The number of benzene rings is 1. The topological polar surface area (TPSA) is 41.5 Å². The number of hydrogen-bond donors (Lipinski definition) is 2. The molecule has 0 aromatic heterocycles. The van der Waals surface area contributed by atoms with Gasteiger partial charge in [0, 0.05) is 0 Å². The molecule has 3 nitrogen and oxygen atoms in total. The molecule has 0 aliphatic heterocycles. The van der Waals surface area contributed by atoms with Crippen molar-refractivity contribution in [2.45, 2.75) is 0 Å². The minimum Gasteiger partial charge on any atom is -0.236 e. The SMILES string of the molecule is OONc1ccccc1. The van der Waals surface area contributed by atoms with Crippen LogP contribution in [0.5, 0.6) is 0 Å². The third kappa shape index (κ3) is 1.71. The van der Waals surface area contributed by atoms with Crippen LogP contribution in [0.25, 0.3) is 0 Å². The van der Waals surface area contributed by atoms with Gasteiger partial charge in [0.15, 0.2) is 0 Å². The van der Waals surface area contributed by atoms with Gasteiger partial charge in [-0.2, -0.15) is 0 Å². The first-order chi connectivity index (χ1) is 4.43. The monoisotopic (exact) mass is 125 g/mol. The molecule has 0 aliphatic carbocycles. The molecule has 2 N–H and O–H groups in total. The van der Waals surface area contributed by atoms with E-state index in [0.29, 0.717) is 0 Å². The van der Waals surface area contributed by atoms with Gasteiger partial charge in [-0.25, -0.2) is 10.7 Å². The van der Waals surface area contributed by atoms with Crippen LogP contribution in [0.2, 0.25) is 0 Å². The summed E-state index contributed by atoms with van der Waals surface area (Å²) in [6.07, 6.45) is 0. The number of nitrogens with one attached hydrogen (secondary N) is 1. The Balaban J connectivity index is 2.61. The van der Waals surface area contributed by atoms with E-state index in [2.05, 4.69) is 10.5 Å². The Hall–Kier alpha value is -1.06. The quantitative estimate of drug-likeness (QED) is 0.465. The molecule has 1 aromatic carbocycles. The van der Waals surface area contributed by atoms with Crippen molar-refractivity contribution in [3.05, 3.63) is 30.3 Å². The summed E-state index contributed by atoms with van der Waals surface area (Å²) >= 11 is 0. The highest BCUT2D eigenvalue weighted by atomic mass is 17.2. The summed E-state index contributed by atoms with van der Waals surface area (Å²) in [6, 6.07) is 9.09. The van der Waals surface area contributed by atoms with Gasteiger partial charge >= 0.3 is 0 Å². The van der Waals surface area contributed by atoms with Gasteiger partial charge in [-0.05, 0) is 12.1 Å². The van der Waals surface area contributed by atoms with E-state index in [-0.39, 0.29) is 0 Å². The zero-order valence-corrected chi connectivity index (χ0v) is 4.74. The van der Waals surface area contributed by atoms with Gasteiger partial charge in [-0.3, -0.25) is 0 Å². The molecule has 9 heavy (non-hydrogen) atoms. The lowest BCUT2D eigenvalue weighted by Crippen LogP contribution is -1.94. The van der Waals surface area contributed by atoms with Gasteiger partial charge in [-0.15, -0.1) is 4.99 Å². The highest BCUT2D eigenvalue weighted by Crippen LogP contribution is 2.02. The van der Waals surface area contributed by atoms with E-state index in [1.807, 2.05) is 18.2 Å². The fraction of sp³-hybridized carbons (Fsp3) is 0. The average molecular weight is 125 g/mol. The molecule has 0 atom stereocenters. The van der Waals surface area contributed by atoms with Gasteiger partial charge in [0.05, 0.1) is 5.69 Å². The second-order valence-electron chi connectivity index (χ2n) is 1.56. The third-order valence-corrected chi connectivity index (χ3v) is 0.937. The molecule has 0 fully saturated rings. The molecular formula is C6H7NO2. The first-order valence-corrected chi connectivity index (χ1v) is 2.55. The number of anilines is 1. The molecule has 0 amide bonds. The average Bonchev–Trinajstić information content (AvgIpc) is 1.91. The Labute approximate surface area is 52.8 Å². The Morgan fingerprint density at radius 2 is 1.89 bits per heavy atom. The van der Waals surface area contributed by atoms with Gasteiger partial charge in [-0.1, -0.05) is 18.2 Å². The van der Waals surface area contributed by atoms with Crippen LogP contribution in [0.4, 0.5) is 5.69 Å². The predicted octanol–water partition coefficient (Wildman–Crippen LogP) is 1.50. The lowest BCUT2D eigenvalue weighted by atomic mass is 10.3. The molecule has 0 saturated carbocycles. The Kier molecular flexibility index (Phi) is 2.06. The van der Waals surface area contributed by atoms with E-state index in [1.165, 1.54) is 0 Å². The van der Waals surface area contributed by atoms with Crippen molar-refractivity contribution in [3.63, 3.8) is 0 Å². The van der Waals surface area contributed by atoms with Crippen LogP contribution in [0.15, 0.2) is 30.3 Å². The number of para-hydroxylation sites is 1. The van der Waals surface area contributed by atoms with Gasteiger partial charge < -0.3 is 0 Å². The van der Waals surface area contributed by atoms with Crippen LogP contribution in [-0.4, -0.2) is 5.26 Å². The standard InChI is InChI=1S/C6H7NO2/c8-9-7-6-4-2-1-3-5-6/h1-5,7-8H. The Bertz CT molecular complexity index is 164. The van der Waals surface area contributed by atoms with Crippen LogP contribution in [0, 0.1) is 0 Å². The molecule has 0 aliphatic rings. The predicted molar refractivity (Wildman–Crippen MR) is 33.8 cm³/mol. The van der Waals surface area contributed by atoms with Crippen LogP contribution in [0.3, 0.4) is 0 Å². The van der Waals surface area contributed by atoms with E-state index in [0.717, 1.165) is 5.69 Å². The summed E-state index contributed by atoms with van der Waals surface area (Å²) in [5.74, 6) is 0. The van der Waals surface area contributed by atoms with E-state index >= 15 is 0 Å². The molecule has 0 saturated heterocycles. The van der Waals surface area contributed by atoms with Gasteiger partial charge in [0.1, 0.15) is 0 Å². The van der Waals surface area contributed by atoms with Crippen LogP contribution in [-0.2, 0) is 4.99 Å². The van der Waals surface area contributed by atoms with Crippen molar-refractivity contribution in [3.8, 4) is 0 Å². The molecule has 1 rings (SSSR count). The molecule has 0 spiro atoms. The Morgan fingerprint density at radius 3 is 2.44 bits per heavy atom. The number of rotatable bonds is 2. The summed E-state index contributed by atoms with van der Waals surface area (Å²) in [5.41, 5.74) is 2.99. The van der Waals surface area contributed by atoms with Crippen LogP contribution in [0.1, 0.15) is 0 Å². The fourth-order valence-electron chi connectivity index (χ4n) is 0.559. The second-order valence-corrected chi connectivity index (χ2v) is 1.56. The Morgan fingerprint density at radius 1 is 1.22 bits per heavy atom. The molecule has 0 radical (unpaired) electrons. The maximum absolute atomic E-state index is 7.91. The third-order valence-electron chi connectivity index (χ3n) is 0.937. The van der Waals surface area contributed by atoms with E-state index in [4.69, 9.17) is 5.26 Å². The maximum atomic E-state index is 7.91. The van der Waals surface area contributed by atoms with E-state index < -0.39 is 0 Å². The minimum atomic E-state index is 0.722. The summed E-state index contributed by atoms with van der Waals surface area (Å²) in [6.45, 7) is 0. The molecule has 1 aromatic rings. The lowest BCUT2D eigenvalue weighted by Gasteiger charge is -1.96. The first kappa shape index (κ1) is 6.07. The van der Waals surface area contributed by atoms with Crippen molar-refractivity contribution in [2.24, 2.45) is 0 Å². The van der Waals surface area contributed by atoms with Crippen molar-refractivity contribution < 1.29 is 10.2 Å². The molecule has 48 valence electrons. The molecule has 0 bridgehead atoms. The van der Waals surface area contributed by atoms with E-state index in [9.17, 15) is 0 Å². The van der Waals surface area contributed by atoms with Crippen LogP contribution >= 0.6 is 0 Å².